The normalized spacial score (nSPS) is 10.7. The van der Waals surface area contributed by atoms with E-state index in [1.807, 2.05) is 24.3 Å². The fourth-order valence-electron chi connectivity index (χ4n) is 1.01. The molecule has 0 aliphatic rings. The Labute approximate surface area is 79.2 Å². The van der Waals surface area contributed by atoms with Crippen molar-refractivity contribution in [3.63, 3.8) is 0 Å². The monoisotopic (exact) mass is 200 g/mol. The summed E-state index contributed by atoms with van der Waals surface area (Å²) in [5, 5.41) is 1.14. The predicted octanol–water partition coefficient (Wildman–Crippen LogP) is 3.84. The molecule has 1 aromatic carbocycles. The van der Waals surface area contributed by atoms with Gasteiger partial charge in [0.05, 0.1) is 4.34 Å². The van der Waals surface area contributed by atoms with E-state index in [0.717, 1.165) is 14.6 Å². The molecule has 1 aromatic heterocycles. The van der Waals surface area contributed by atoms with Gasteiger partial charge in [0.1, 0.15) is 0 Å². The largest absolute Gasteiger partial charge is 0.143 e. The molecule has 0 N–H and O–H groups in total. The van der Waals surface area contributed by atoms with E-state index >= 15 is 0 Å². The van der Waals surface area contributed by atoms with E-state index in [2.05, 4.69) is 12.6 Å². The molecule has 0 aliphatic heterocycles. The van der Waals surface area contributed by atoms with Crippen LogP contribution in [0.2, 0.25) is 4.34 Å². The van der Waals surface area contributed by atoms with Gasteiger partial charge in [-0.1, -0.05) is 17.7 Å². The van der Waals surface area contributed by atoms with Crippen LogP contribution >= 0.6 is 35.6 Å². The van der Waals surface area contributed by atoms with Gasteiger partial charge in [-0.3, -0.25) is 0 Å². The number of thiol groups is 1. The van der Waals surface area contributed by atoms with Crippen molar-refractivity contribution in [3.8, 4) is 0 Å². The standard InChI is InChI=1S/C8H5ClS2/c9-8-4-5-6(10)2-1-3-7(5)11-8/h1-4,10H. The van der Waals surface area contributed by atoms with E-state index in [1.54, 1.807) is 11.3 Å². The van der Waals surface area contributed by atoms with Crippen molar-refractivity contribution >= 4 is 45.7 Å². The molecule has 2 aromatic rings. The summed E-state index contributed by atoms with van der Waals surface area (Å²) in [6, 6.07) is 7.95. The minimum absolute atomic E-state index is 0.821. The van der Waals surface area contributed by atoms with Gasteiger partial charge >= 0.3 is 0 Å². The van der Waals surface area contributed by atoms with Crippen molar-refractivity contribution < 1.29 is 0 Å². The fourth-order valence-corrected chi connectivity index (χ4v) is 2.53. The number of hydrogen-bond donors (Lipinski definition) is 1. The van der Waals surface area contributed by atoms with E-state index in [9.17, 15) is 0 Å². The minimum Gasteiger partial charge on any atom is -0.143 e. The van der Waals surface area contributed by atoms with Crippen LogP contribution in [0.4, 0.5) is 0 Å². The SMILES string of the molecule is Sc1cccc2sc(Cl)cc12. The summed E-state index contributed by atoms with van der Waals surface area (Å²) >= 11 is 11.7. The molecule has 2 rings (SSSR count). The van der Waals surface area contributed by atoms with E-state index in [0.29, 0.717) is 0 Å². The molecule has 3 heteroatoms. The number of benzene rings is 1. The number of hydrogen-bond acceptors (Lipinski definition) is 2. The van der Waals surface area contributed by atoms with Crippen molar-refractivity contribution in [2.45, 2.75) is 4.90 Å². The zero-order valence-electron chi connectivity index (χ0n) is 5.54. The molecule has 0 saturated heterocycles. The molecule has 0 unspecified atom stereocenters. The van der Waals surface area contributed by atoms with Crippen LogP contribution in [-0.4, -0.2) is 0 Å². The van der Waals surface area contributed by atoms with Gasteiger partial charge in [0.15, 0.2) is 0 Å². The smallest absolute Gasteiger partial charge is 0.0941 e. The maximum atomic E-state index is 5.84. The Morgan fingerprint density at radius 3 is 2.91 bits per heavy atom. The van der Waals surface area contributed by atoms with Gasteiger partial charge in [-0.05, 0) is 18.2 Å². The highest BCUT2D eigenvalue weighted by atomic mass is 35.5. The second-order valence-electron chi connectivity index (χ2n) is 2.24. The van der Waals surface area contributed by atoms with Gasteiger partial charge in [0.2, 0.25) is 0 Å². The Bertz CT molecular complexity index is 392. The Balaban J connectivity index is 2.90. The van der Waals surface area contributed by atoms with Crippen LogP contribution in [0.1, 0.15) is 0 Å². The molecule has 0 amide bonds. The highest BCUT2D eigenvalue weighted by Gasteiger charge is 2.00. The lowest BCUT2D eigenvalue weighted by Crippen LogP contribution is -1.64. The summed E-state index contributed by atoms with van der Waals surface area (Å²) in [5.74, 6) is 0. The first-order chi connectivity index (χ1) is 5.27. The summed E-state index contributed by atoms with van der Waals surface area (Å²) in [6.07, 6.45) is 0. The average Bonchev–Trinajstić information content (AvgIpc) is 2.31. The van der Waals surface area contributed by atoms with Gasteiger partial charge in [-0.15, -0.1) is 24.0 Å². The van der Waals surface area contributed by atoms with Crippen LogP contribution in [0.3, 0.4) is 0 Å². The molecular weight excluding hydrogens is 196 g/mol. The zero-order valence-corrected chi connectivity index (χ0v) is 8.01. The predicted molar refractivity (Wildman–Crippen MR) is 54.1 cm³/mol. The molecule has 11 heavy (non-hydrogen) atoms. The van der Waals surface area contributed by atoms with Gasteiger partial charge in [-0.2, -0.15) is 0 Å². The first-order valence-electron chi connectivity index (χ1n) is 3.14. The van der Waals surface area contributed by atoms with Crippen LogP contribution in [0.5, 0.6) is 0 Å². The highest BCUT2D eigenvalue weighted by Crippen LogP contribution is 2.32. The van der Waals surface area contributed by atoms with Crippen LogP contribution < -0.4 is 0 Å². The summed E-state index contributed by atoms with van der Waals surface area (Å²) in [6.45, 7) is 0. The highest BCUT2D eigenvalue weighted by molar-refractivity contribution is 7.80. The van der Waals surface area contributed by atoms with Crippen molar-refractivity contribution in [2.24, 2.45) is 0 Å². The number of halogens is 1. The lowest BCUT2D eigenvalue weighted by molar-refractivity contribution is 1.59. The van der Waals surface area contributed by atoms with E-state index < -0.39 is 0 Å². The van der Waals surface area contributed by atoms with E-state index in [-0.39, 0.29) is 0 Å². The quantitative estimate of drug-likeness (QED) is 0.614. The Morgan fingerprint density at radius 2 is 2.18 bits per heavy atom. The van der Waals surface area contributed by atoms with Crippen LogP contribution in [0.25, 0.3) is 10.1 Å². The van der Waals surface area contributed by atoms with E-state index in [1.165, 1.54) is 4.70 Å². The number of rotatable bonds is 0. The third kappa shape index (κ3) is 1.26. The summed E-state index contributed by atoms with van der Waals surface area (Å²) in [5.41, 5.74) is 0. The van der Waals surface area contributed by atoms with Crippen molar-refractivity contribution in [3.05, 3.63) is 28.6 Å². The topological polar surface area (TPSA) is 0 Å². The van der Waals surface area contributed by atoms with Gasteiger partial charge in [0.25, 0.3) is 0 Å². The van der Waals surface area contributed by atoms with Crippen LogP contribution in [0.15, 0.2) is 29.2 Å². The van der Waals surface area contributed by atoms with Crippen LogP contribution in [-0.2, 0) is 0 Å². The van der Waals surface area contributed by atoms with Crippen molar-refractivity contribution in [1.29, 1.82) is 0 Å². The Hall–Kier alpha value is -0.180. The molecular formula is C8H5ClS2. The zero-order chi connectivity index (χ0) is 7.84. The van der Waals surface area contributed by atoms with Gasteiger partial charge in [-0.25, -0.2) is 0 Å². The third-order valence-corrected chi connectivity index (χ3v) is 3.13. The summed E-state index contributed by atoms with van der Waals surface area (Å²) in [7, 11) is 0. The Morgan fingerprint density at radius 1 is 1.36 bits per heavy atom. The molecule has 0 aliphatic carbocycles. The van der Waals surface area contributed by atoms with Gasteiger partial charge in [0, 0.05) is 15.0 Å². The van der Waals surface area contributed by atoms with E-state index in [4.69, 9.17) is 11.6 Å². The molecule has 1 heterocycles. The molecule has 0 radical (unpaired) electrons. The molecule has 0 saturated carbocycles. The third-order valence-electron chi connectivity index (χ3n) is 1.51. The van der Waals surface area contributed by atoms with Crippen molar-refractivity contribution in [2.75, 3.05) is 0 Å². The maximum absolute atomic E-state index is 5.84. The molecule has 0 spiro atoms. The molecule has 0 atom stereocenters. The second kappa shape index (κ2) is 2.70. The lowest BCUT2D eigenvalue weighted by Gasteiger charge is -1.90. The van der Waals surface area contributed by atoms with Gasteiger partial charge < -0.3 is 0 Å². The second-order valence-corrected chi connectivity index (χ2v) is 4.44. The first-order valence-corrected chi connectivity index (χ1v) is 4.78. The lowest BCUT2D eigenvalue weighted by atomic mass is 10.3. The maximum Gasteiger partial charge on any atom is 0.0941 e. The average molecular weight is 201 g/mol. The van der Waals surface area contributed by atoms with Crippen molar-refractivity contribution in [1.82, 2.24) is 0 Å². The fraction of sp³-hybridized carbons (Fsp3) is 0. The summed E-state index contributed by atoms with van der Waals surface area (Å²) < 4.78 is 2.02. The first kappa shape index (κ1) is 7.47. The minimum atomic E-state index is 0.821. The summed E-state index contributed by atoms with van der Waals surface area (Å²) in [4.78, 5) is 0.991. The molecule has 0 bridgehead atoms. The number of fused-ring (bicyclic) bond motifs is 1. The van der Waals surface area contributed by atoms with Crippen LogP contribution in [0, 0.1) is 0 Å². The molecule has 0 fully saturated rings. The molecule has 56 valence electrons. The molecule has 0 nitrogen and oxygen atoms in total. The number of thiophene rings is 1. The Kier molecular flexibility index (Phi) is 1.83.